The van der Waals surface area contributed by atoms with Gasteiger partial charge in [0.25, 0.3) is 0 Å². The van der Waals surface area contributed by atoms with Crippen LogP contribution < -0.4 is 5.32 Å². The summed E-state index contributed by atoms with van der Waals surface area (Å²) in [7, 11) is 2.30. The van der Waals surface area contributed by atoms with Gasteiger partial charge in [0.05, 0.1) is 0 Å². The number of hydrogen-bond acceptors (Lipinski definition) is 2. The second-order valence-corrected chi connectivity index (χ2v) is 7.54. The smallest absolute Gasteiger partial charge is 0.0123 e. The summed E-state index contributed by atoms with van der Waals surface area (Å²) >= 11 is 0. The third kappa shape index (κ3) is 5.27. The van der Waals surface area contributed by atoms with Gasteiger partial charge in [0.15, 0.2) is 0 Å². The first kappa shape index (κ1) is 16.0. The highest BCUT2D eigenvalue weighted by atomic mass is 15.1. The molecule has 1 fully saturated rings. The lowest BCUT2D eigenvalue weighted by atomic mass is 9.75. The molecule has 1 aliphatic rings. The fourth-order valence-electron chi connectivity index (χ4n) is 2.70. The minimum Gasteiger partial charge on any atom is -0.311 e. The van der Waals surface area contributed by atoms with E-state index >= 15 is 0 Å². The van der Waals surface area contributed by atoms with Crippen LogP contribution in [0.5, 0.6) is 0 Å². The summed E-state index contributed by atoms with van der Waals surface area (Å²) in [4.78, 5) is 2.56. The summed E-state index contributed by atoms with van der Waals surface area (Å²) in [5.41, 5.74) is 0.870. The molecule has 2 nitrogen and oxygen atoms in total. The molecule has 0 aromatic carbocycles. The maximum atomic E-state index is 3.65. The molecule has 2 heteroatoms. The van der Waals surface area contributed by atoms with E-state index in [1.54, 1.807) is 0 Å². The van der Waals surface area contributed by atoms with Crippen LogP contribution in [0, 0.1) is 5.41 Å². The van der Waals surface area contributed by atoms with Gasteiger partial charge < -0.3 is 10.2 Å². The Morgan fingerprint density at radius 3 is 2.28 bits per heavy atom. The SMILES string of the molecule is CCC(C)(C)NCCN(C)C1CCC(C)(C)CC1. The van der Waals surface area contributed by atoms with E-state index in [9.17, 15) is 0 Å². The molecule has 0 radical (unpaired) electrons. The van der Waals surface area contributed by atoms with Gasteiger partial charge in [-0.2, -0.15) is 0 Å². The Kier molecular flexibility index (Phi) is 5.67. The van der Waals surface area contributed by atoms with Crippen LogP contribution >= 0.6 is 0 Å². The quantitative estimate of drug-likeness (QED) is 0.778. The Morgan fingerprint density at radius 2 is 1.78 bits per heavy atom. The molecule has 0 spiro atoms. The summed E-state index contributed by atoms with van der Waals surface area (Å²) in [6.07, 6.45) is 6.71. The molecule has 18 heavy (non-hydrogen) atoms. The van der Waals surface area contributed by atoms with Crippen molar-refractivity contribution < 1.29 is 0 Å². The number of nitrogens with zero attached hydrogens (tertiary/aromatic N) is 1. The normalized spacial score (nSPS) is 21.5. The largest absolute Gasteiger partial charge is 0.311 e. The van der Waals surface area contributed by atoms with Crippen molar-refractivity contribution in [3.63, 3.8) is 0 Å². The molecule has 0 amide bonds. The predicted octanol–water partition coefficient (Wildman–Crippen LogP) is 3.67. The molecule has 1 saturated carbocycles. The van der Waals surface area contributed by atoms with Crippen molar-refractivity contribution in [3.05, 3.63) is 0 Å². The maximum absolute atomic E-state index is 3.65. The summed E-state index contributed by atoms with van der Waals surface area (Å²) in [5.74, 6) is 0. The Labute approximate surface area is 115 Å². The van der Waals surface area contributed by atoms with Crippen LogP contribution in [0.4, 0.5) is 0 Å². The van der Waals surface area contributed by atoms with Crippen LogP contribution in [0.3, 0.4) is 0 Å². The van der Waals surface area contributed by atoms with E-state index in [0.717, 1.165) is 12.6 Å². The van der Waals surface area contributed by atoms with Gasteiger partial charge in [-0.1, -0.05) is 20.8 Å². The lowest BCUT2D eigenvalue weighted by Crippen LogP contribution is -2.45. The average Bonchev–Trinajstić information content (AvgIpc) is 2.28. The number of rotatable bonds is 6. The Balaban J connectivity index is 2.24. The molecular weight excluding hydrogens is 220 g/mol. The molecule has 1 aliphatic carbocycles. The molecule has 0 atom stereocenters. The van der Waals surface area contributed by atoms with E-state index in [1.165, 1.54) is 38.6 Å². The zero-order chi connectivity index (χ0) is 13.8. The van der Waals surface area contributed by atoms with Crippen LogP contribution in [0.15, 0.2) is 0 Å². The van der Waals surface area contributed by atoms with Crippen LogP contribution in [-0.4, -0.2) is 36.6 Å². The molecule has 1 rings (SSSR count). The molecule has 0 aliphatic heterocycles. The van der Waals surface area contributed by atoms with Gasteiger partial charge in [-0.05, 0) is 58.4 Å². The van der Waals surface area contributed by atoms with E-state index in [1.807, 2.05) is 0 Å². The van der Waals surface area contributed by atoms with E-state index in [0.29, 0.717) is 5.41 Å². The molecular formula is C16H34N2. The van der Waals surface area contributed by atoms with Crippen molar-refractivity contribution in [1.82, 2.24) is 10.2 Å². The van der Waals surface area contributed by atoms with Crippen LogP contribution in [0.1, 0.15) is 66.7 Å². The van der Waals surface area contributed by atoms with Gasteiger partial charge in [0.1, 0.15) is 0 Å². The highest BCUT2D eigenvalue weighted by Crippen LogP contribution is 2.36. The second kappa shape index (κ2) is 6.38. The maximum Gasteiger partial charge on any atom is 0.0123 e. The van der Waals surface area contributed by atoms with Crippen LogP contribution in [0.25, 0.3) is 0 Å². The van der Waals surface area contributed by atoms with Gasteiger partial charge in [0.2, 0.25) is 0 Å². The van der Waals surface area contributed by atoms with Gasteiger partial charge in [-0.15, -0.1) is 0 Å². The van der Waals surface area contributed by atoms with Crippen molar-refractivity contribution in [1.29, 1.82) is 0 Å². The second-order valence-electron chi connectivity index (χ2n) is 7.54. The lowest BCUT2D eigenvalue weighted by Gasteiger charge is -2.39. The Hall–Kier alpha value is -0.0800. The Bertz CT molecular complexity index is 235. The van der Waals surface area contributed by atoms with Crippen LogP contribution in [0.2, 0.25) is 0 Å². The minimum absolute atomic E-state index is 0.287. The average molecular weight is 254 g/mol. The van der Waals surface area contributed by atoms with Crippen molar-refractivity contribution >= 4 is 0 Å². The highest BCUT2D eigenvalue weighted by molar-refractivity contribution is 4.83. The topological polar surface area (TPSA) is 15.3 Å². The zero-order valence-electron chi connectivity index (χ0n) is 13.5. The highest BCUT2D eigenvalue weighted by Gasteiger charge is 2.28. The van der Waals surface area contributed by atoms with E-state index in [4.69, 9.17) is 0 Å². The molecule has 0 unspecified atom stereocenters. The molecule has 0 aromatic heterocycles. The van der Waals surface area contributed by atoms with Crippen LogP contribution in [-0.2, 0) is 0 Å². The molecule has 0 heterocycles. The number of nitrogens with one attached hydrogen (secondary N) is 1. The van der Waals surface area contributed by atoms with E-state index < -0.39 is 0 Å². The van der Waals surface area contributed by atoms with Gasteiger partial charge >= 0.3 is 0 Å². The van der Waals surface area contributed by atoms with Crippen molar-refractivity contribution in [2.75, 3.05) is 20.1 Å². The molecule has 1 N–H and O–H groups in total. The van der Waals surface area contributed by atoms with Gasteiger partial charge in [-0.3, -0.25) is 0 Å². The summed E-state index contributed by atoms with van der Waals surface area (Å²) < 4.78 is 0. The zero-order valence-corrected chi connectivity index (χ0v) is 13.5. The fourth-order valence-corrected chi connectivity index (χ4v) is 2.70. The minimum atomic E-state index is 0.287. The molecule has 0 aromatic rings. The first-order valence-electron chi connectivity index (χ1n) is 7.71. The lowest BCUT2D eigenvalue weighted by molar-refractivity contribution is 0.126. The summed E-state index contributed by atoms with van der Waals surface area (Å²) in [5, 5.41) is 3.65. The van der Waals surface area contributed by atoms with E-state index in [-0.39, 0.29) is 5.54 Å². The molecule has 0 bridgehead atoms. The first-order valence-corrected chi connectivity index (χ1v) is 7.71. The fraction of sp³-hybridized carbons (Fsp3) is 1.00. The number of likely N-dealkylation sites (N-methyl/N-ethyl adjacent to an activating group) is 1. The Morgan fingerprint density at radius 1 is 1.22 bits per heavy atom. The van der Waals surface area contributed by atoms with Gasteiger partial charge in [0, 0.05) is 24.7 Å². The molecule has 0 saturated heterocycles. The monoisotopic (exact) mass is 254 g/mol. The standard InChI is InChI=1S/C16H34N2/c1-7-16(4,5)17-12-13-18(6)14-8-10-15(2,3)11-9-14/h14,17H,7-13H2,1-6H3. The van der Waals surface area contributed by atoms with E-state index in [2.05, 4.69) is 51.9 Å². The summed E-state index contributed by atoms with van der Waals surface area (Å²) in [6, 6.07) is 0.810. The van der Waals surface area contributed by atoms with Crippen molar-refractivity contribution in [2.24, 2.45) is 5.41 Å². The third-order valence-electron chi connectivity index (χ3n) is 4.88. The predicted molar refractivity (Wildman–Crippen MR) is 81.0 cm³/mol. The number of hydrogen-bond donors (Lipinski definition) is 1. The van der Waals surface area contributed by atoms with Crippen molar-refractivity contribution in [3.8, 4) is 0 Å². The summed E-state index contributed by atoms with van der Waals surface area (Å²) in [6.45, 7) is 13.9. The first-order chi connectivity index (χ1) is 8.26. The van der Waals surface area contributed by atoms with Crippen molar-refractivity contribution in [2.45, 2.75) is 78.3 Å². The molecule has 108 valence electrons. The van der Waals surface area contributed by atoms with Gasteiger partial charge in [-0.25, -0.2) is 0 Å². The third-order valence-corrected chi connectivity index (χ3v) is 4.88.